The lowest BCUT2D eigenvalue weighted by atomic mass is 10.0. The van der Waals surface area contributed by atoms with E-state index in [0.29, 0.717) is 29.4 Å². The van der Waals surface area contributed by atoms with Gasteiger partial charge in [0.15, 0.2) is 0 Å². The highest BCUT2D eigenvalue weighted by atomic mass is 19.1. The van der Waals surface area contributed by atoms with Crippen LogP contribution in [-0.2, 0) is 4.74 Å². The van der Waals surface area contributed by atoms with Crippen LogP contribution in [0.1, 0.15) is 6.42 Å². The zero-order chi connectivity index (χ0) is 20.8. The highest BCUT2D eigenvalue weighted by molar-refractivity contribution is 5.77. The first kappa shape index (κ1) is 20.4. The number of nitrogens with zero attached hydrogens (tertiary/aromatic N) is 3. The van der Waals surface area contributed by atoms with Gasteiger partial charge in [-0.15, -0.1) is 0 Å². The molecule has 2 heterocycles. The van der Waals surface area contributed by atoms with E-state index >= 15 is 0 Å². The Morgan fingerprint density at radius 3 is 2.10 bits per heavy atom. The highest BCUT2D eigenvalue weighted by Crippen LogP contribution is 2.30. The molecule has 0 unspecified atom stereocenters. The molecule has 0 spiro atoms. The second kappa shape index (κ2) is 9.73. The maximum absolute atomic E-state index is 13.4. The van der Waals surface area contributed by atoms with Gasteiger partial charge in [-0.1, -0.05) is 0 Å². The van der Waals surface area contributed by atoms with Crippen molar-refractivity contribution in [2.45, 2.75) is 6.42 Å². The van der Waals surface area contributed by atoms with Crippen molar-refractivity contribution in [1.29, 1.82) is 0 Å². The van der Waals surface area contributed by atoms with Crippen LogP contribution in [-0.4, -0.2) is 54.3 Å². The molecule has 7 heteroatoms. The molecule has 2 aromatic carbocycles. The summed E-state index contributed by atoms with van der Waals surface area (Å²) < 4.78 is 37.9. The quantitative estimate of drug-likeness (QED) is 0.546. The molecule has 0 amide bonds. The monoisotopic (exact) mass is 411 g/mol. The van der Waals surface area contributed by atoms with E-state index in [2.05, 4.69) is 14.9 Å². The van der Waals surface area contributed by atoms with E-state index in [0.717, 1.165) is 44.8 Å². The average molecular weight is 411 g/mol. The second-order valence-corrected chi connectivity index (χ2v) is 7.08. The number of rotatable bonds is 7. The predicted octanol–water partition coefficient (Wildman–Crippen LogP) is 4.19. The van der Waals surface area contributed by atoms with Crippen LogP contribution in [0.15, 0.2) is 54.7 Å². The third-order valence-corrected chi connectivity index (χ3v) is 4.96. The van der Waals surface area contributed by atoms with Gasteiger partial charge in [0, 0.05) is 30.8 Å². The van der Waals surface area contributed by atoms with Gasteiger partial charge in [-0.2, -0.15) is 0 Å². The Morgan fingerprint density at radius 1 is 0.867 bits per heavy atom. The van der Waals surface area contributed by atoms with Crippen LogP contribution in [0.2, 0.25) is 0 Å². The van der Waals surface area contributed by atoms with E-state index < -0.39 is 0 Å². The summed E-state index contributed by atoms with van der Waals surface area (Å²) in [6.45, 7) is 4.90. The lowest BCUT2D eigenvalue weighted by molar-refractivity contribution is 0.0357. The Balaban J connectivity index is 1.51. The first-order valence-electron chi connectivity index (χ1n) is 10.0. The summed E-state index contributed by atoms with van der Waals surface area (Å²) in [5.41, 5.74) is 2.58. The molecule has 0 bridgehead atoms. The van der Waals surface area contributed by atoms with Crippen molar-refractivity contribution >= 4 is 0 Å². The fourth-order valence-electron chi connectivity index (χ4n) is 3.36. The molecule has 1 aromatic heterocycles. The maximum Gasteiger partial charge on any atom is 0.232 e. The molecule has 1 fully saturated rings. The Kier molecular flexibility index (Phi) is 6.61. The van der Waals surface area contributed by atoms with Crippen molar-refractivity contribution in [3.63, 3.8) is 0 Å². The van der Waals surface area contributed by atoms with Crippen molar-refractivity contribution in [3.8, 4) is 28.4 Å². The van der Waals surface area contributed by atoms with Gasteiger partial charge < -0.3 is 9.47 Å². The summed E-state index contributed by atoms with van der Waals surface area (Å²) in [5, 5.41) is 0. The molecular formula is C23H23F2N3O2. The van der Waals surface area contributed by atoms with E-state index in [-0.39, 0.29) is 11.6 Å². The molecule has 0 atom stereocenters. The van der Waals surface area contributed by atoms with E-state index in [1.807, 2.05) is 0 Å². The fourth-order valence-corrected chi connectivity index (χ4v) is 3.36. The fraction of sp³-hybridized carbons (Fsp3) is 0.304. The Labute approximate surface area is 174 Å². The third-order valence-electron chi connectivity index (χ3n) is 4.96. The van der Waals surface area contributed by atoms with Crippen LogP contribution in [0.3, 0.4) is 0 Å². The molecule has 0 saturated carbocycles. The summed E-state index contributed by atoms with van der Waals surface area (Å²) in [6, 6.07) is 12.1. The maximum atomic E-state index is 13.4. The van der Waals surface area contributed by atoms with Crippen molar-refractivity contribution in [3.05, 3.63) is 66.4 Å². The summed E-state index contributed by atoms with van der Waals surface area (Å²) in [5.74, 6) is -0.247. The molecule has 0 N–H and O–H groups in total. The molecule has 30 heavy (non-hydrogen) atoms. The van der Waals surface area contributed by atoms with Crippen molar-refractivity contribution in [1.82, 2.24) is 14.9 Å². The molecule has 5 nitrogen and oxygen atoms in total. The summed E-state index contributed by atoms with van der Waals surface area (Å²) >= 11 is 0. The highest BCUT2D eigenvalue weighted by Gasteiger charge is 2.14. The second-order valence-electron chi connectivity index (χ2n) is 7.08. The molecule has 156 valence electrons. The van der Waals surface area contributed by atoms with Crippen LogP contribution >= 0.6 is 0 Å². The number of benzene rings is 2. The summed E-state index contributed by atoms with van der Waals surface area (Å²) in [4.78, 5) is 11.5. The third kappa shape index (κ3) is 5.17. The number of halogens is 2. The number of hydrogen-bond acceptors (Lipinski definition) is 5. The minimum atomic E-state index is -0.328. The molecule has 1 saturated heterocycles. The van der Waals surface area contributed by atoms with Crippen molar-refractivity contribution in [2.75, 3.05) is 39.5 Å². The molecule has 0 radical (unpaired) electrons. The predicted molar refractivity (Wildman–Crippen MR) is 110 cm³/mol. The first-order valence-corrected chi connectivity index (χ1v) is 10.0. The summed E-state index contributed by atoms with van der Waals surface area (Å²) in [7, 11) is 0. The Morgan fingerprint density at radius 2 is 1.47 bits per heavy atom. The Hall–Kier alpha value is -2.90. The van der Waals surface area contributed by atoms with Gasteiger partial charge in [0.2, 0.25) is 5.88 Å². The number of ether oxygens (including phenoxy) is 2. The topological polar surface area (TPSA) is 47.5 Å². The lowest BCUT2D eigenvalue weighted by Crippen LogP contribution is -2.37. The van der Waals surface area contributed by atoms with Gasteiger partial charge >= 0.3 is 0 Å². The zero-order valence-corrected chi connectivity index (χ0v) is 16.6. The SMILES string of the molecule is Fc1ccc(-c2ncc(OCCCN3CCOCC3)nc2-c2ccc(F)cc2)cc1. The van der Waals surface area contributed by atoms with Gasteiger partial charge in [-0.25, -0.2) is 18.7 Å². The standard InChI is InChI=1S/C23H23F2N3O2/c24-19-6-2-17(3-7-19)22-23(18-4-8-20(25)9-5-18)27-21(16-26-22)30-13-1-10-28-11-14-29-15-12-28/h2-9,16H,1,10-15H2. The molecule has 0 aliphatic carbocycles. The molecule has 3 aromatic rings. The van der Waals surface area contributed by atoms with E-state index in [1.165, 1.54) is 24.3 Å². The largest absolute Gasteiger partial charge is 0.477 e. The molecule has 1 aliphatic rings. The number of aromatic nitrogens is 2. The molecule has 1 aliphatic heterocycles. The number of hydrogen-bond donors (Lipinski definition) is 0. The number of morpholine rings is 1. The van der Waals surface area contributed by atoms with Crippen LogP contribution in [0.4, 0.5) is 8.78 Å². The lowest BCUT2D eigenvalue weighted by Gasteiger charge is -2.26. The van der Waals surface area contributed by atoms with Crippen molar-refractivity contribution < 1.29 is 18.3 Å². The van der Waals surface area contributed by atoms with E-state index in [1.54, 1.807) is 30.5 Å². The van der Waals surface area contributed by atoms with Crippen molar-refractivity contribution in [2.24, 2.45) is 0 Å². The average Bonchev–Trinajstić information content (AvgIpc) is 2.79. The minimum Gasteiger partial charge on any atom is -0.477 e. The smallest absolute Gasteiger partial charge is 0.232 e. The Bertz CT molecular complexity index is 959. The van der Waals surface area contributed by atoms with Crippen LogP contribution in [0.5, 0.6) is 5.88 Å². The van der Waals surface area contributed by atoms with Gasteiger partial charge in [0.05, 0.1) is 31.7 Å². The van der Waals surface area contributed by atoms with Gasteiger partial charge in [0.1, 0.15) is 17.3 Å². The van der Waals surface area contributed by atoms with Crippen LogP contribution < -0.4 is 4.74 Å². The molecule has 4 rings (SSSR count). The first-order chi connectivity index (χ1) is 14.7. The van der Waals surface area contributed by atoms with E-state index in [9.17, 15) is 8.78 Å². The zero-order valence-electron chi connectivity index (χ0n) is 16.6. The normalized spacial score (nSPS) is 14.6. The van der Waals surface area contributed by atoms with Gasteiger partial charge in [-0.3, -0.25) is 4.90 Å². The summed E-state index contributed by atoms with van der Waals surface area (Å²) in [6.07, 6.45) is 2.44. The van der Waals surface area contributed by atoms with Gasteiger partial charge in [-0.05, 0) is 55.0 Å². The van der Waals surface area contributed by atoms with Gasteiger partial charge in [0.25, 0.3) is 0 Å². The minimum absolute atomic E-state index is 0.324. The van der Waals surface area contributed by atoms with Crippen LogP contribution in [0.25, 0.3) is 22.5 Å². The van der Waals surface area contributed by atoms with E-state index in [4.69, 9.17) is 9.47 Å². The molecular weight excluding hydrogens is 388 g/mol. The van der Waals surface area contributed by atoms with Crippen LogP contribution in [0, 0.1) is 11.6 Å².